The summed E-state index contributed by atoms with van der Waals surface area (Å²) < 4.78 is 1.72. The Kier molecular flexibility index (Phi) is 4.62. The first kappa shape index (κ1) is 15.6. The van der Waals surface area contributed by atoms with Gasteiger partial charge in [0.25, 0.3) is 0 Å². The Morgan fingerprint density at radius 1 is 1.35 bits per heavy atom. The summed E-state index contributed by atoms with van der Waals surface area (Å²) in [6, 6.07) is 11.3. The molecule has 1 heterocycles. The van der Waals surface area contributed by atoms with Crippen LogP contribution in [-0.2, 0) is 0 Å². The highest BCUT2D eigenvalue weighted by Gasteiger charge is 2.27. The average molecular weight is 314 g/mol. The maximum atomic E-state index is 12.2. The third kappa shape index (κ3) is 3.71. The molecular weight excluding hydrogens is 292 g/mol. The lowest BCUT2D eigenvalue weighted by atomic mass is 10.1. The molecule has 0 aliphatic heterocycles. The van der Waals surface area contributed by atoms with Crippen molar-refractivity contribution < 1.29 is 9.90 Å². The highest BCUT2D eigenvalue weighted by atomic mass is 16.3. The zero-order valence-corrected chi connectivity index (χ0v) is 13.2. The number of aromatic nitrogens is 2. The second-order valence-corrected chi connectivity index (χ2v) is 6.05. The standard InChI is InChI=1S/C17H22N4O2/c1-20(12-13-6-5-9-15(13)22)17(23)18-16-10-11-21(19-16)14-7-3-2-4-8-14/h2-4,7-8,10-11,13,15,22H,5-6,9,12H2,1H3,(H,18,19,23). The van der Waals surface area contributed by atoms with E-state index in [0.29, 0.717) is 12.4 Å². The summed E-state index contributed by atoms with van der Waals surface area (Å²) in [5.74, 6) is 0.685. The predicted molar refractivity (Wildman–Crippen MR) is 88.6 cm³/mol. The number of anilines is 1. The summed E-state index contributed by atoms with van der Waals surface area (Å²) >= 11 is 0. The number of aliphatic hydroxyl groups excluding tert-OH is 1. The van der Waals surface area contributed by atoms with Crippen LogP contribution in [0.2, 0.25) is 0 Å². The van der Waals surface area contributed by atoms with Gasteiger partial charge in [0.1, 0.15) is 0 Å². The molecule has 2 unspecified atom stereocenters. The highest BCUT2D eigenvalue weighted by Crippen LogP contribution is 2.26. The number of para-hydroxylation sites is 1. The number of urea groups is 1. The number of rotatable bonds is 4. The lowest BCUT2D eigenvalue weighted by molar-refractivity contribution is 0.116. The lowest BCUT2D eigenvalue weighted by Crippen LogP contribution is -2.37. The van der Waals surface area contributed by atoms with Gasteiger partial charge in [-0.05, 0) is 25.0 Å². The van der Waals surface area contributed by atoms with Gasteiger partial charge in [-0.15, -0.1) is 5.10 Å². The molecule has 1 fully saturated rings. The van der Waals surface area contributed by atoms with Gasteiger partial charge in [-0.3, -0.25) is 5.32 Å². The monoisotopic (exact) mass is 314 g/mol. The largest absolute Gasteiger partial charge is 0.393 e. The number of carbonyl (C=O) groups is 1. The third-order valence-corrected chi connectivity index (χ3v) is 4.32. The van der Waals surface area contributed by atoms with Crippen molar-refractivity contribution in [2.75, 3.05) is 18.9 Å². The maximum absolute atomic E-state index is 12.2. The third-order valence-electron chi connectivity index (χ3n) is 4.32. The van der Waals surface area contributed by atoms with Gasteiger partial charge in [-0.1, -0.05) is 24.6 Å². The van der Waals surface area contributed by atoms with Crippen LogP contribution in [0.4, 0.5) is 10.6 Å². The second-order valence-electron chi connectivity index (χ2n) is 6.05. The van der Waals surface area contributed by atoms with Crippen molar-refractivity contribution in [3.63, 3.8) is 0 Å². The Bertz CT molecular complexity index is 656. The van der Waals surface area contributed by atoms with Crippen LogP contribution in [0.25, 0.3) is 5.69 Å². The predicted octanol–water partition coefficient (Wildman–Crippen LogP) is 2.50. The molecule has 0 radical (unpaired) electrons. The molecule has 1 aromatic carbocycles. The normalized spacial score (nSPS) is 20.4. The first-order valence-corrected chi connectivity index (χ1v) is 7.95. The van der Waals surface area contributed by atoms with Crippen LogP contribution in [0.15, 0.2) is 42.6 Å². The van der Waals surface area contributed by atoms with E-state index in [0.717, 1.165) is 24.9 Å². The van der Waals surface area contributed by atoms with E-state index in [-0.39, 0.29) is 18.1 Å². The van der Waals surface area contributed by atoms with Crippen LogP contribution in [0.1, 0.15) is 19.3 Å². The number of carbonyl (C=O) groups excluding carboxylic acids is 1. The van der Waals surface area contributed by atoms with Crippen molar-refractivity contribution >= 4 is 11.8 Å². The van der Waals surface area contributed by atoms with Gasteiger partial charge in [0.05, 0.1) is 11.8 Å². The molecule has 0 saturated heterocycles. The van der Waals surface area contributed by atoms with Gasteiger partial charge in [0.15, 0.2) is 5.82 Å². The van der Waals surface area contributed by atoms with Gasteiger partial charge in [-0.25, -0.2) is 9.48 Å². The van der Waals surface area contributed by atoms with E-state index in [1.807, 2.05) is 36.5 Å². The number of amides is 2. The number of nitrogens with zero attached hydrogens (tertiary/aromatic N) is 3. The maximum Gasteiger partial charge on any atom is 0.322 e. The number of aliphatic hydroxyl groups is 1. The molecule has 2 atom stereocenters. The van der Waals surface area contributed by atoms with Crippen LogP contribution in [0.5, 0.6) is 0 Å². The van der Waals surface area contributed by atoms with Crippen LogP contribution < -0.4 is 5.32 Å². The molecule has 6 heteroatoms. The number of hydrogen-bond acceptors (Lipinski definition) is 3. The zero-order valence-electron chi connectivity index (χ0n) is 13.2. The Balaban J connectivity index is 1.58. The Labute approximate surface area is 135 Å². The fraction of sp³-hybridized carbons (Fsp3) is 0.412. The van der Waals surface area contributed by atoms with Crippen molar-refractivity contribution in [3.05, 3.63) is 42.6 Å². The van der Waals surface area contributed by atoms with Gasteiger partial charge < -0.3 is 10.0 Å². The van der Waals surface area contributed by atoms with Gasteiger partial charge >= 0.3 is 6.03 Å². The summed E-state index contributed by atoms with van der Waals surface area (Å²) in [5.41, 5.74) is 0.940. The molecule has 122 valence electrons. The number of benzene rings is 1. The molecule has 0 bridgehead atoms. The molecule has 1 aliphatic rings. The second kappa shape index (κ2) is 6.83. The van der Waals surface area contributed by atoms with E-state index in [9.17, 15) is 9.90 Å². The fourth-order valence-corrected chi connectivity index (χ4v) is 2.99. The summed E-state index contributed by atoms with van der Waals surface area (Å²) in [5, 5.41) is 17.0. The zero-order chi connectivity index (χ0) is 16.2. The molecule has 1 aliphatic carbocycles. The summed E-state index contributed by atoms with van der Waals surface area (Å²) in [7, 11) is 1.74. The Morgan fingerprint density at radius 2 is 2.13 bits per heavy atom. The first-order chi connectivity index (χ1) is 11.1. The van der Waals surface area contributed by atoms with Crippen LogP contribution in [0, 0.1) is 5.92 Å². The van der Waals surface area contributed by atoms with E-state index in [2.05, 4.69) is 10.4 Å². The van der Waals surface area contributed by atoms with Crippen LogP contribution in [0.3, 0.4) is 0 Å². The van der Waals surface area contributed by atoms with Crippen LogP contribution in [-0.4, -0.2) is 45.5 Å². The molecule has 2 aromatic rings. The van der Waals surface area contributed by atoms with E-state index in [4.69, 9.17) is 0 Å². The number of nitrogens with one attached hydrogen (secondary N) is 1. The minimum Gasteiger partial charge on any atom is -0.393 e. The lowest BCUT2D eigenvalue weighted by Gasteiger charge is -2.23. The van der Waals surface area contributed by atoms with Gasteiger partial charge in [0, 0.05) is 31.8 Å². The Morgan fingerprint density at radius 3 is 2.83 bits per heavy atom. The minimum absolute atomic E-state index is 0.174. The molecule has 6 nitrogen and oxygen atoms in total. The molecule has 1 saturated carbocycles. The van der Waals surface area contributed by atoms with E-state index < -0.39 is 0 Å². The van der Waals surface area contributed by atoms with Crippen molar-refractivity contribution in [1.29, 1.82) is 0 Å². The molecule has 2 N–H and O–H groups in total. The molecule has 2 amide bonds. The molecule has 3 rings (SSSR count). The summed E-state index contributed by atoms with van der Waals surface area (Å²) in [6.07, 6.45) is 4.36. The minimum atomic E-state index is -0.289. The number of hydrogen-bond donors (Lipinski definition) is 2. The van der Waals surface area contributed by atoms with E-state index >= 15 is 0 Å². The average Bonchev–Trinajstić information content (AvgIpc) is 3.18. The first-order valence-electron chi connectivity index (χ1n) is 7.95. The highest BCUT2D eigenvalue weighted by molar-refractivity contribution is 5.88. The van der Waals surface area contributed by atoms with Gasteiger partial charge in [-0.2, -0.15) is 0 Å². The van der Waals surface area contributed by atoms with E-state index in [1.54, 1.807) is 22.7 Å². The van der Waals surface area contributed by atoms with Crippen molar-refractivity contribution in [1.82, 2.24) is 14.7 Å². The van der Waals surface area contributed by atoms with Gasteiger partial charge in [0.2, 0.25) is 0 Å². The van der Waals surface area contributed by atoms with Crippen molar-refractivity contribution in [2.24, 2.45) is 5.92 Å². The molecule has 0 spiro atoms. The van der Waals surface area contributed by atoms with Crippen LogP contribution >= 0.6 is 0 Å². The topological polar surface area (TPSA) is 70.4 Å². The molecule has 1 aromatic heterocycles. The summed E-state index contributed by atoms with van der Waals surface area (Å²) in [4.78, 5) is 13.8. The molecule has 23 heavy (non-hydrogen) atoms. The Hall–Kier alpha value is -2.34. The van der Waals surface area contributed by atoms with Crippen molar-refractivity contribution in [2.45, 2.75) is 25.4 Å². The SMILES string of the molecule is CN(CC1CCCC1O)C(=O)Nc1ccn(-c2ccccc2)n1. The van der Waals surface area contributed by atoms with Crippen molar-refractivity contribution in [3.8, 4) is 5.69 Å². The quantitative estimate of drug-likeness (QED) is 0.911. The molecular formula is C17H22N4O2. The fourth-order valence-electron chi connectivity index (χ4n) is 2.99. The smallest absolute Gasteiger partial charge is 0.322 e. The van der Waals surface area contributed by atoms with E-state index in [1.165, 1.54) is 0 Å². The summed E-state index contributed by atoms with van der Waals surface area (Å²) in [6.45, 7) is 0.562.